The molecule has 1 aromatic carbocycles. The van der Waals surface area contributed by atoms with Gasteiger partial charge in [-0.25, -0.2) is 4.98 Å². The van der Waals surface area contributed by atoms with Crippen molar-refractivity contribution >= 4 is 11.6 Å². The monoisotopic (exact) mass is 341 g/mol. The van der Waals surface area contributed by atoms with Crippen molar-refractivity contribution in [3.05, 3.63) is 53.2 Å². The number of nitrogens with one attached hydrogen (secondary N) is 1. The van der Waals surface area contributed by atoms with Crippen LogP contribution in [0.25, 0.3) is 0 Å². The zero-order valence-electron chi connectivity index (χ0n) is 14.5. The van der Waals surface area contributed by atoms with Gasteiger partial charge in [0.1, 0.15) is 5.56 Å². The van der Waals surface area contributed by atoms with Crippen molar-refractivity contribution in [1.29, 1.82) is 0 Å². The Kier molecular flexibility index (Phi) is 5.19. The number of nitrogens with zero attached hydrogens (tertiary/aromatic N) is 2. The van der Waals surface area contributed by atoms with Crippen LogP contribution in [0.1, 0.15) is 34.5 Å². The van der Waals surface area contributed by atoms with Gasteiger partial charge < -0.3 is 20.1 Å². The summed E-state index contributed by atoms with van der Waals surface area (Å²) in [5.74, 6) is -0.00551. The van der Waals surface area contributed by atoms with Crippen molar-refractivity contribution in [2.45, 2.75) is 19.4 Å². The van der Waals surface area contributed by atoms with E-state index in [0.29, 0.717) is 18.1 Å². The molecule has 0 spiro atoms. The second-order valence-corrected chi connectivity index (χ2v) is 6.07. The molecule has 6 nitrogen and oxygen atoms in total. The van der Waals surface area contributed by atoms with Crippen LogP contribution in [0, 0.1) is 0 Å². The quantitative estimate of drug-likeness (QED) is 0.840. The maximum absolute atomic E-state index is 12.4. The summed E-state index contributed by atoms with van der Waals surface area (Å²) in [5.41, 5.74) is 3.62. The minimum Gasteiger partial charge on any atom is -0.477 e. The molecule has 0 fully saturated rings. The maximum Gasteiger partial charge on any atom is 0.256 e. The summed E-state index contributed by atoms with van der Waals surface area (Å²) in [5, 5.41) is 13.2. The van der Waals surface area contributed by atoms with E-state index in [-0.39, 0.29) is 12.5 Å². The van der Waals surface area contributed by atoms with Crippen molar-refractivity contribution in [1.82, 2.24) is 10.3 Å². The van der Waals surface area contributed by atoms with Gasteiger partial charge in [0, 0.05) is 32.0 Å². The topological polar surface area (TPSA) is 74.7 Å². The minimum absolute atomic E-state index is 0.133. The number of rotatable bonds is 6. The van der Waals surface area contributed by atoms with Crippen molar-refractivity contribution in [3.8, 4) is 5.88 Å². The average Bonchev–Trinajstić information content (AvgIpc) is 3.00. The molecule has 0 aliphatic carbocycles. The predicted molar refractivity (Wildman–Crippen MR) is 96.1 cm³/mol. The number of hydrogen-bond donors (Lipinski definition) is 2. The van der Waals surface area contributed by atoms with Gasteiger partial charge in [-0.15, -0.1) is 0 Å². The molecule has 0 bridgehead atoms. The van der Waals surface area contributed by atoms with Gasteiger partial charge in [-0.3, -0.25) is 4.79 Å². The Labute approximate surface area is 147 Å². The first-order valence-corrected chi connectivity index (χ1v) is 8.48. The first-order valence-electron chi connectivity index (χ1n) is 8.48. The summed E-state index contributed by atoms with van der Waals surface area (Å²) < 4.78 is 5.37. The van der Waals surface area contributed by atoms with Crippen LogP contribution in [-0.4, -0.2) is 42.7 Å². The van der Waals surface area contributed by atoms with Gasteiger partial charge >= 0.3 is 0 Å². The number of benzene rings is 1. The van der Waals surface area contributed by atoms with E-state index in [2.05, 4.69) is 22.2 Å². The molecule has 1 amide bonds. The highest BCUT2D eigenvalue weighted by molar-refractivity contribution is 5.96. The Morgan fingerprint density at radius 2 is 2.28 bits per heavy atom. The van der Waals surface area contributed by atoms with E-state index >= 15 is 0 Å². The van der Waals surface area contributed by atoms with Gasteiger partial charge in [0.15, 0.2) is 0 Å². The highest BCUT2D eigenvalue weighted by atomic mass is 16.5. The van der Waals surface area contributed by atoms with Crippen molar-refractivity contribution in [3.63, 3.8) is 0 Å². The van der Waals surface area contributed by atoms with E-state index in [1.807, 2.05) is 25.1 Å². The number of anilines is 1. The summed E-state index contributed by atoms with van der Waals surface area (Å²) in [6.07, 6.45) is 1.80. The zero-order chi connectivity index (χ0) is 17.8. The van der Waals surface area contributed by atoms with Gasteiger partial charge in [-0.2, -0.15) is 0 Å². The second kappa shape index (κ2) is 7.53. The number of likely N-dealkylation sites (N-methyl/N-ethyl adjacent to an activating group) is 1. The Hall–Kier alpha value is -2.60. The average molecular weight is 341 g/mol. The Morgan fingerprint density at radius 3 is 3.08 bits per heavy atom. The summed E-state index contributed by atoms with van der Waals surface area (Å²) in [7, 11) is 2.06. The number of aliphatic hydroxyl groups excluding tert-OH is 1. The number of aromatic nitrogens is 1. The van der Waals surface area contributed by atoms with Crippen LogP contribution in [0.3, 0.4) is 0 Å². The number of pyridine rings is 1. The summed E-state index contributed by atoms with van der Waals surface area (Å²) in [6.45, 7) is 3.40. The van der Waals surface area contributed by atoms with E-state index in [0.717, 1.165) is 18.5 Å². The molecule has 6 heteroatoms. The highest BCUT2D eigenvalue weighted by Crippen LogP contribution is 2.29. The molecule has 0 saturated carbocycles. The number of amides is 1. The van der Waals surface area contributed by atoms with Crippen molar-refractivity contribution < 1.29 is 14.6 Å². The fraction of sp³-hybridized carbons (Fsp3) is 0.368. The highest BCUT2D eigenvalue weighted by Gasteiger charge is 2.19. The number of hydrogen-bond acceptors (Lipinski definition) is 5. The van der Waals surface area contributed by atoms with Crippen molar-refractivity contribution in [2.24, 2.45) is 0 Å². The number of carbonyl (C=O) groups is 1. The molecule has 3 rings (SSSR count). The van der Waals surface area contributed by atoms with Crippen molar-refractivity contribution in [2.75, 3.05) is 31.6 Å². The van der Waals surface area contributed by atoms with Gasteiger partial charge in [0.05, 0.1) is 12.7 Å². The molecular formula is C19H23N3O3. The van der Waals surface area contributed by atoms with E-state index in [1.54, 1.807) is 18.3 Å². The van der Waals surface area contributed by atoms with Crippen LogP contribution in [0.15, 0.2) is 36.5 Å². The van der Waals surface area contributed by atoms with Gasteiger partial charge in [0.2, 0.25) is 5.88 Å². The fourth-order valence-corrected chi connectivity index (χ4v) is 3.01. The SMILES string of the molecule is CCOc1ncccc1C(=O)NCC(O)c1ccc2c(c1)CCN2C. The summed E-state index contributed by atoms with van der Waals surface area (Å²) >= 11 is 0. The molecule has 2 heterocycles. The van der Waals surface area contributed by atoms with E-state index in [9.17, 15) is 9.90 Å². The van der Waals surface area contributed by atoms with E-state index in [4.69, 9.17) is 4.74 Å². The lowest BCUT2D eigenvalue weighted by molar-refractivity contribution is 0.0911. The number of carbonyl (C=O) groups excluding carboxylic acids is 1. The van der Waals surface area contributed by atoms with Gasteiger partial charge in [0.25, 0.3) is 5.91 Å². The molecule has 1 atom stereocenters. The van der Waals surface area contributed by atoms with Gasteiger partial charge in [-0.1, -0.05) is 12.1 Å². The second-order valence-electron chi connectivity index (χ2n) is 6.07. The number of aliphatic hydroxyl groups is 1. The molecule has 0 radical (unpaired) electrons. The first kappa shape index (κ1) is 17.2. The standard InChI is InChI=1S/C19H23N3O3/c1-3-25-19-15(5-4-9-20-19)18(24)21-12-17(23)14-6-7-16-13(11-14)8-10-22(16)2/h4-7,9,11,17,23H,3,8,10,12H2,1-2H3,(H,21,24). The van der Waals surface area contributed by atoms with E-state index < -0.39 is 6.10 Å². The molecule has 1 aliphatic rings. The fourth-order valence-electron chi connectivity index (χ4n) is 3.01. The minimum atomic E-state index is -0.757. The normalized spacial score (nSPS) is 14.1. The third-order valence-electron chi connectivity index (χ3n) is 4.37. The Balaban J connectivity index is 1.64. The third kappa shape index (κ3) is 3.74. The molecule has 25 heavy (non-hydrogen) atoms. The largest absolute Gasteiger partial charge is 0.477 e. The Bertz CT molecular complexity index is 763. The van der Waals surface area contributed by atoms with E-state index in [1.165, 1.54) is 11.3 Å². The van der Waals surface area contributed by atoms with Crippen LogP contribution >= 0.6 is 0 Å². The number of fused-ring (bicyclic) bond motifs is 1. The molecular weight excluding hydrogens is 318 g/mol. The summed E-state index contributed by atoms with van der Waals surface area (Å²) in [6, 6.07) is 9.30. The van der Waals surface area contributed by atoms with Crippen LogP contribution < -0.4 is 15.0 Å². The molecule has 1 unspecified atom stereocenters. The smallest absolute Gasteiger partial charge is 0.256 e. The summed E-state index contributed by atoms with van der Waals surface area (Å²) in [4.78, 5) is 18.6. The van der Waals surface area contributed by atoms with Crippen LogP contribution in [0.4, 0.5) is 5.69 Å². The lowest BCUT2D eigenvalue weighted by Crippen LogP contribution is -2.29. The molecule has 0 saturated heterocycles. The Morgan fingerprint density at radius 1 is 1.44 bits per heavy atom. The van der Waals surface area contributed by atoms with Gasteiger partial charge in [-0.05, 0) is 42.7 Å². The predicted octanol–water partition coefficient (Wildman–Crippen LogP) is 1.94. The molecule has 1 aliphatic heterocycles. The molecule has 132 valence electrons. The lowest BCUT2D eigenvalue weighted by Gasteiger charge is -2.16. The lowest BCUT2D eigenvalue weighted by atomic mass is 10.0. The van der Waals surface area contributed by atoms with Crippen LogP contribution in [0.5, 0.6) is 5.88 Å². The molecule has 2 aromatic rings. The maximum atomic E-state index is 12.4. The molecule has 1 aromatic heterocycles. The van der Waals surface area contributed by atoms with Crippen LogP contribution in [0.2, 0.25) is 0 Å². The van der Waals surface area contributed by atoms with Crippen LogP contribution in [-0.2, 0) is 6.42 Å². The first-order chi connectivity index (χ1) is 12.1. The molecule has 2 N–H and O–H groups in total. The third-order valence-corrected chi connectivity index (χ3v) is 4.37. The number of ether oxygens (including phenoxy) is 1. The zero-order valence-corrected chi connectivity index (χ0v) is 14.5.